The molecule has 0 unspecified atom stereocenters. The molecule has 0 aromatic heterocycles. The first-order chi connectivity index (χ1) is 11.0. The molecule has 0 saturated heterocycles. The molecular formula is C22H34O. The standard InChI is InChI=1S/C22H34O/c1-18(2)10-8-11-19(3)22(17-16-20(4)23)15-9-14-21-12-6-5-7-13-21/h5-7,12-13,15,18-19H,8-11,14,16-17H2,1-4H3/b22-15+/t19-/m1/s1. The third kappa shape index (κ3) is 9.38. The second kappa shape index (κ2) is 11.2. The predicted octanol–water partition coefficient (Wildman–Crippen LogP) is 6.38. The minimum absolute atomic E-state index is 0.299. The Hall–Kier alpha value is -1.37. The molecule has 1 aromatic rings. The molecule has 0 aliphatic heterocycles. The highest BCUT2D eigenvalue weighted by molar-refractivity contribution is 5.75. The molecule has 1 nitrogen and oxygen atoms in total. The van der Waals surface area contributed by atoms with Gasteiger partial charge in [0.1, 0.15) is 5.78 Å². The number of hydrogen-bond acceptors (Lipinski definition) is 1. The molecule has 1 heteroatoms. The largest absolute Gasteiger partial charge is 0.300 e. The Kier molecular flexibility index (Phi) is 9.59. The second-order valence-corrected chi connectivity index (χ2v) is 7.23. The van der Waals surface area contributed by atoms with Crippen LogP contribution in [0, 0.1) is 11.8 Å². The van der Waals surface area contributed by atoms with Crippen molar-refractivity contribution in [3.63, 3.8) is 0 Å². The van der Waals surface area contributed by atoms with Gasteiger partial charge in [-0.2, -0.15) is 0 Å². The Balaban J connectivity index is 2.55. The average Bonchev–Trinajstić information content (AvgIpc) is 2.51. The van der Waals surface area contributed by atoms with Crippen molar-refractivity contribution in [1.82, 2.24) is 0 Å². The van der Waals surface area contributed by atoms with Crippen molar-refractivity contribution in [3.8, 4) is 0 Å². The first kappa shape index (κ1) is 19.7. The zero-order valence-electron chi connectivity index (χ0n) is 15.5. The van der Waals surface area contributed by atoms with Gasteiger partial charge in [-0.05, 0) is 50.0 Å². The Morgan fingerprint density at radius 2 is 1.74 bits per heavy atom. The maximum absolute atomic E-state index is 11.3. The van der Waals surface area contributed by atoms with Crippen LogP contribution in [0.2, 0.25) is 0 Å². The molecule has 0 saturated carbocycles. The highest BCUT2D eigenvalue weighted by atomic mass is 16.1. The van der Waals surface area contributed by atoms with Crippen LogP contribution in [0.3, 0.4) is 0 Å². The summed E-state index contributed by atoms with van der Waals surface area (Å²) in [5.74, 6) is 1.68. The minimum Gasteiger partial charge on any atom is -0.300 e. The minimum atomic E-state index is 0.299. The van der Waals surface area contributed by atoms with Crippen molar-refractivity contribution in [2.24, 2.45) is 11.8 Å². The number of carbonyl (C=O) groups is 1. The molecule has 0 bridgehead atoms. The number of rotatable bonds is 11. The van der Waals surface area contributed by atoms with Crippen LogP contribution in [-0.4, -0.2) is 5.78 Å². The lowest BCUT2D eigenvalue weighted by Gasteiger charge is -2.17. The number of benzene rings is 1. The fraction of sp³-hybridized carbons (Fsp3) is 0.591. The zero-order valence-corrected chi connectivity index (χ0v) is 15.5. The van der Waals surface area contributed by atoms with E-state index in [1.807, 2.05) is 0 Å². The molecule has 1 aromatic carbocycles. The fourth-order valence-corrected chi connectivity index (χ4v) is 2.96. The molecule has 0 radical (unpaired) electrons. The highest BCUT2D eigenvalue weighted by Crippen LogP contribution is 2.24. The molecule has 0 N–H and O–H groups in total. The molecule has 0 heterocycles. The summed E-state index contributed by atoms with van der Waals surface area (Å²) in [7, 11) is 0. The lowest BCUT2D eigenvalue weighted by atomic mass is 9.89. The smallest absolute Gasteiger partial charge is 0.130 e. The Morgan fingerprint density at radius 1 is 1.04 bits per heavy atom. The summed E-state index contributed by atoms with van der Waals surface area (Å²) in [6.45, 7) is 8.61. The van der Waals surface area contributed by atoms with Gasteiger partial charge >= 0.3 is 0 Å². The molecule has 23 heavy (non-hydrogen) atoms. The van der Waals surface area contributed by atoms with Crippen molar-refractivity contribution >= 4 is 5.78 Å². The number of Topliss-reactive ketones (excluding diaryl/α,β-unsaturated/α-hetero) is 1. The third-order valence-corrected chi connectivity index (χ3v) is 4.50. The number of allylic oxidation sites excluding steroid dienone is 2. The Morgan fingerprint density at radius 3 is 2.35 bits per heavy atom. The zero-order chi connectivity index (χ0) is 17.1. The number of ketones is 1. The van der Waals surface area contributed by atoms with Crippen LogP contribution in [0.4, 0.5) is 0 Å². The van der Waals surface area contributed by atoms with Crippen LogP contribution in [0.1, 0.15) is 71.8 Å². The van der Waals surface area contributed by atoms with E-state index in [9.17, 15) is 4.79 Å². The van der Waals surface area contributed by atoms with Gasteiger partial charge < -0.3 is 4.79 Å². The lowest BCUT2D eigenvalue weighted by Crippen LogP contribution is -2.04. The summed E-state index contributed by atoms with van der Waals surface area (Å²) in [5.41, 5.74) is 2.88. The maximum atomic E-state index is 11.3. The fourth-order valence-electron chi connectivity index (χ4n) is 2.96. The summed E-state index contributed by atoms with van der Waals surface area (Å²) >= 11 is 0. The van der Waals surface area contributed by atoms with Gasteiger partial charge in [0.2, 0.25) is 0 Å². The molecular weight excluding hydrogens is 280 g/mol. The van der Waals surface area contributed by atoms with Gasteiger partial charge in [-0.25, -0.2) is 0 Å². The second-order valence-electron chi connectivity index (χ2n) is 7.23. The van der Waals surface area contributed by atoms with Crippen molar-refractivity contribution in [1.29, 1.82) is 0 Å². The van der Waals surface area contributed by atoms with E-state index in [-0.39, 0.29) is 0 Å². The topological polar surface area (TPSA) is 17.1 Å². The molecule has 0 aliphatic carbocycles. The van der Waals surface area contributed by atoms with Gasteiger partial charge in [-0.15, -0.1) is 0 Å². The van der Waals surface area contributed by atoms with Crippen molar-refractivity contribution < 1.29 is 4.79 Å². The van der Waals surface area contributed by atoms with E-state index in [0.29, 0.717) is 18.1 Å². The first-order valence-corrected chi connectivity index (χ1v) is 9.21. The predicted molar refractivity (Wildman–Crippen MR) is 101 cm³/mol. The van der Waals surface area contributed by atoms with Gasteiger partial charge in [-0.3, -0.25) is 0 Å². The molecule has 0 amide bonds. The van der Waals surface area contributed by atoms with Crippen LogP contribution < -0.4 is 0 Å². The van der Waals surface area contributed by atoms with Gasteiger partial charge in [0.15, 0.2) is 0 Å². The maximum Gasteiger partial charge on any atom is 0.130 e. The van der Waals surface area contributed by atoms with Crippen LogP contribution in [0.25, 0.3) is 0 Å². The summed E-state index contributed by atoms with van der Waals surface area (Å²) < 4.78 is 0. The van der Waals surface area contributed by atoms with Gasteiger partial charge in [-0.1, -0.05) is 75.6 Å². The number of aryl methyl sites for hydroxylation is 1. The molecule has 0 fully saturated rings. The van der Waals surface area contributed by atoms with Crippen LogP contribution in [0.5, 0.6) is 0 Å². The van der Waals surface area contributed by atoms with Crippen molar-refractivity contribution in [2.75, 3.05) is 0 Å². The van der Waals surface area contributed by atoms with Gasteiger partial charge in [0.25, 0.3) is 0 Å². The first-order valence-electron chi connectivity index (χ1n) is 9.21. The lowest BCUT2D eigenvalue weighted by molar-refractivity contribution is -0.117. The molecule has 1 rings (SSSR count). The van der Waals surface area contributed by atoms with E-state index in [0.717, 1.165) is 25.2 Å². The molecule has 0 aliphatic rings. The van der Waals surface area contributed by atoms with Crippen molar-refractivity contribution in [2.45, 2.75) is 72.6 Å². The van der Waals surface area contributed by atoms with Gasteiger partial charge in [0.05, 0.1) is 0 Å². The van der Waals surface area contributed by atoms with E-state index in [1.54, 1.807) is 6.92 Å². The monoisotopic (exact) mass is 314 g/mol. The Bertz CT molecular complexity index is 470. The molecule has 0 spiro atoms. The van der Waals surface area contributed by atoms with Crippen LogP contribution in [0.15, 0.2) is 42.0 Å². The molecule has 1 atom stereocenters. The van der Waals surface area contributed by atoms with Gasteiger partial charge in [0, 0.05) is 6.42 Å². The highest BCUT2D eigenvalue weighted by Gasteiger charge is 2.10. The number of hydrogen-bond donors (Lipinski definition) is 0. The SMILES string of the molecule is CC(=O)CC/C(=C\CCc1ccccc1)[C@H](C)CCCC(C)C. The van der Waals surface area contributed by atoms with Crippen LogP contribution >= 0.6 is 0 Å². The third-order valence-electron chi connectivity index (χ3n) is 4.50. The summed E-state index contributed by atoms with van der Waals surface area (Å²) in [5, 5.41) is 0. The quantitative estimate of drug-likeness (QED) is 0.433. The van der Waals surface area contributed by atoms with E-state index >= 15 is 0 Å². The summed E-state index contributed by atoms with van der Waals surface area (Å²) in [6.07, 6.45) is 10.0. The van der Waals surface area contributed by atoms with E-state index in [2.05, 4.69) is 57.2 Å². The summed E-state index contributed by atoms with van der Waals surface area (Å²) in [6, 6.07) is 10.6. The van der Waals surface area contributed by atoms with E-state index in [1.165, 1.54) is 30.4 Å². The molecule has 128 valence electrons. The Labute approximate surface area is 143 Å². The van der Waals surface area contributed by atoms with Crippen LogP contribution in [-0.2, 0) is 11.2 Å². The van der Waals surface area contributed by atoms with Crippen molar-refractivity contribution in [3.05, 3.63) is 47.5 Å². The number of carbonyl (C=O) groups excluding carboxylic acids is 1. The normalized spacial score (nSPS) is 13.3. The average molecular weight is 315 g/mol. The summed E-state index contributed by atoms with van der Waals surface area (Å²) in [4.78, 5) is 11.3. The van der Waals surface area contributed by atoms with E-state index < -0.39 is 0 Å². The van der Waals surface area contributed by atoms with E-state index in [4.69, 9.17) is 0 Å².